The van der Waals surface area contributed by atoms with Gasteiger partial charge in [0.05, 0.1) is 19.8 Å². The second-order valence-electron chi connectivity index (χ2n) is 6.54. The number of hydrogen-bond donors (Lipinski definition) is 1. The van der Waals surface area contributed by atoms with Crippen molar-refractivity contribution in [3.05, 3.63) is 0 Å². The molecule has 20 heavy (non-hydrogen) atoms. The molecule has 3 unspecified atom stereocenters. The average Bonchev–Trinajstić information content (AvgIpc) is 3.28. The van der Waals surface area contributed by atoms with Crippen LogP contribution in [0.25, 0.3) is 0 Å². The van der Waals surface area contributed by atoms with Crippen molar-refractivity contribution in [1.29, 1.82) is 0 Å². The van der Waals surface area contributed by atoms with Crippen molar-refractivity contribution in [2.24, 2.45) is 5.92 Å². The van der Waals surface area contributed by atoms with Gasteiger partial charge in [-0.25, -0.2) is 4.79 Å². The minimum absolute atomic E-state index is 0.215. The van der Waals surface area contributed by atoms with E-state index in [1.54, 1.807) is 0 Å². The zero-order valence-corrected chi connectivity index (χ0v) is 13.1. The fourth-order valence-electron chi connectivity index (χ4n) is 3.20. The van der Waals surface area contributed by atoms with E-state index >= 15 is 0 Å². The molecule has 2 aliphatic rings. The first-order chi connectivity index (χ1) is 9.59. The van der Waals surface area contributed by atoms with Crippen LogP contribution >= 0.6 is 0 Å². The van der Waals surface area contributed by atoms with Gasteiger partial charge in [0, 0.05) is 6.04 Å². The standard InChI is InChI=1S/C16H29NO3/c1-4-12-7-5-6-8-14(12)20-11-16(2,15(18)19-3)17-13-9-10-13/h12-14,17H,4-11H2,1-3H3. The van der Waals surface area contributed by atoms with Gasteiger partial charge < -0.3 is 9.47 Å². The summed E-state index contributed by atoms with van der Waals surface area (Å²) < 4.78 is 11.1. The number of esters is 1. The van der Waals surface area contributed by atoms with Crippen molar-refractivity contribution in [2.45, 2.75) is 76.5 Å². The minimum atomic E-state index is -0.703. The van der Waals surface area contributed by atoms with Crippen LogP contribution in [0.3, 0.4) is 0 Å². The van der Waals surface area contributed by atoms with E-state index in [1.165, 1.54) is 26.4 Å². The van der Waals surface area contributed by atoms with Crippen molar-refractivity contribution >= 4 is 5.97 Å². The molecular formula is C16H29NO3. The summed E-state index contributed by atoms with van der Waals surface area (Å²) in [6, 6.07) is 0.455. The molecule has 2 aliphatic carbocycles. The Labute approximate surface area is 122 Å². The third-order valence-electron chi connectivity index (χ3n) is 4.69. The normalized spacial score (nSPS) is 29.8. The third kappa shape index (κ3) is 3.95. The Kier molecular flexibility index (Phi) is 5.44. The van der Waals surface area contributed by atoms with E-state index in [0.29, 0.717) is 24.7 Å². The van der Waals surface area contributed by atoms with Gasteiger partial charge in [0.25, 0.3) is 0 Å². The fourth-order valence-corrected chi connectivity index (χ4v) is 3.20. The van der Waals surface area contributed by atoms with Crippen molar-refractivity contribution in [1.82, 2.24) is 5.32 Å². The predicted octanol–water partition coefficient (Wildman–Crippen LogP) is 2.66. The zero-order chi connectivity index (χ0) is 14.6. The molecule has 0 bridgehead atoms. The SMILES string of the molecule is CCC1CCCCC1OCC(C)(NC1CC1)C(=O)OC. The number of rotatable bonds is 7. The lowest BCUT2D eigenvalue weighted by Crippen LogP contribution is -2.55. The highest BCUT2D eigenvalue weighted by atomic mass is 16.5. The largest absolute Gasteiger partial charge is 0.468 e. The van der Waals surface area contributed by atoms with Gasteiger partial charge in [-0.2, -0.15) is 0 Å². The topological polar surface area (TPSA) is 47.6 Å². The number of carbonyl (C=O) groups excluding carboxylic acids is 1. The monoisotopic (exact) mass is 283 g/mol. The van der Waals surface area contributed by atoms with Crippen molar-refractivity contribution < 1.29 is 14.3 Å². The van der Waals surface area contributed by atoms with E-state index in [-0.39, 0.29) is 5.97 Å². The molecule has 0 aromatic heterocycles. The number of methoxy groups -OCH3 is 1. The van der Waals surface area contributed by atoms with Crippen LogP contribution in [0.1, 0.15) is 58.8 Å². The van der Waals surface area contributed by atoms with Gasteiger partial charge in [0.1, 0.15) is 5.54 Å². The quantitative estimate of drug-likeness (QED) is 0.730. The van der Waals surface area contributed by atoms with Crippen LogP contribution in [0.4, 0.5) is 0 Å². The van der Waals surface area contributed by atoms with Crippen LogP contribution < -0.4 is 5.32 Å². The summed E-state index contributed by atoms with van der Waals surface area (Å²) in [6.45, 7) is 4.55. The molecule has 0 saturated heterocycles. The molecule has 0 heterocycles. The molecule has 0 amide bonds. The molecule has 3 atom stereocenters. The summed E-state index contributed by atoms with van der Waals surface area (Å²) in [4.78, 5) is 12.1. The highest BCUT2D eigenvalue weighted by molar-refractivity contribution is 5.80. The van der Waals surface area contributed by atoms with Gasteiger partial charge in [-0.15, -0.1) is 0 Å². The van der Waals surface area contributed by atoms with E-state index in [4.69, 9.17) is 9.47 Å². The fraction of sp³-hybridized carbons (Fsp3) is 0.938. The van der Waals surface area contributed by atoms with Gasteiger partial charge in [-0.1, -0.05) is 26.2 Å². The molecule has 2 rings (SSSR count). The highest BCUT2D eigenvalue weighted by Crippen LogP contribution is 2.30. The molecule has 0 spiro atoms. The Morgan fingerprint density at radius 2 is 1.95 bits per heavy atom. The smallest absolute Gasteiger partial charge is 0.328 e. The van der Waals surface area contributed by atoms with Crippen molar-refractivity contribution in [3.63, 3.8) is 0 Å². The molecule has 0 radical (unpaired) electrons. The summed E-state index contributed by atoms with van der Waals surface area (Å²) in [5, 5.41) is 3.39. The van der Waals surface area contributed by atoms with Gasteiger partial charge >= 0.3 is 5.97 Å². The zero-order valence-electron chi connectivity index (χ0n) is 13.1. The van der Waals surface area contributed by atoms with Crippen LogP contribution in [-0.2, 0) is 14.3 Å². The first kappa shape index (κ1) is 15.8. The van der Waals surface area contributed by atoms with Crippen LogP contribution in [0.5, 0.6) is 0 Å². The first-order valence-electron chi connectivity index (χ1n) is 8.06. The maximum absolute atomic E-state index is 12.1. The van der Waals surface area contributed by atoms with Crippen LogP contribution in [0, 0.1) is 5.92 Å². The Balaban J connectivity index is 1.91. The average molecular weight is 283 g/mol. The lowest BCUT2D eigenvalue weighted by Gasteiger charge is -2.35. The molecule has 0 aromatic carbocycles. The van der Waals surface area contributed by atoms with E-state index in [9.17, 15) is 4.79 Å². The number of ether oxygens (including phenoxy) is 2. The summed E-state index contributed by atoms with van der Waals surface area (Å²) in [5.74, 6) is 0.430. The Morgan fingerprint density at radius 3 is 2.55 bits per heavy atom. The second-order valence-corrected chi connectivity index (χ2v) is 6.54. The van der Waals surface area contributed by atoms with Crippen LogP contribution in [-0.4, -0.2) is 37.4 Å². The van der Waals surface area contributed by atoms with E-state index < -0.39 is 5.54 Å². The minimum Gasteiger partial charge on any atom is -0.468 e. The highest BCUT2D eigenvalue weighted by Gasteiger charge is 2.40. The molecule has 116 valence electrons. The summed E-state index contributed by atoms with van der Waals surface area (Å²) in [7, 11) is 1.45. The van der Waals surface area contributed by atoms with Gasteiger partial charge in [0.2, 0.25) is 0 Å². The van der Waals surface area contributed by atoms with Crippen LogP contribution in [0.2, 0.25) is 0 Å². The molecule has 2 saturated carbocycles. The maximum Gasteiger partial charge on any atom is 0.328 e. The predicted molar refractivity (Wildman–Crippen MR) is 78.6 cm³/mol. The lowest BCUT2D eigenvalue weighted by molar-refractivity contribution is -0.153. The third-order valence-corrected chi connectivity index (χ3v) is 4.69. The molecule has 1 N–H and O–H groups in total. The van der Waals surface area contributed by atoms with Gasteiger partial charge in [-0.3, -0.25) is 5.32 Å². The van der Waals surface area contributed by atoms with Crippen molar-refractivity contribution in [3.8, 4) is 0 Å². The van der Waals surface area contributed by atoms with E-state index in [1.807, 2.05) is 6.92 Å². The molecule has 4 heteroatoms. The number of nitrogens with one attached hydrogen (secondary N) is 1. The van der Waals surface area contributed by atoms with E-state index in [0.717, 1.165) is 25.7 Å². The molecule has 0 aromatic rings. The summed E-state index contributed by atoms with van der Waals surface area (Å²) in [5.41, 5.74) is -0.703. The van der Waals surface area contributed by atoms with Gasteiger partial charge in [-0.05, 0) is 38.5 Å². The Hall–Kier alpha value is -0.610. The number of carbonyl (C=O) groups is 1. The summed E-state index contributed by atoms with van der Waals surface area (Å²) >= 11 is 0. The second kappa shape index (κ2) is 6.90. The Morgan fingerprint density at radius 1 is 1.25 bits per heavy atom. The molecular weight excluding hydrogens is 254 g/mol. The van der Waals surface area contributed by atoms with Gasteiger partial charge in [0.15, 0.2) is 0 Å². The lowest BCUT2D eigenvalue weighted by atomic mass is 9.84. The number of hydrogen-bond acceptors (Lipinski definition) is 4. The summed E-state index contributed by atoms with van der Waals surface area (Å²) in [6.07, 6.45) is 8.69. The van der Waals surface area contributed by atoms with Crippen LogP contribution in [0.15, 0.2) is 0 Å². The first-order valence-corrected chi connectivity index (χ1v) is 8.06. The van der Waals surface area contributed by atoms with E-state index in [2.05, 4.69) is 12.2 Å². The van der Waals surface area contributed by atoms with Crippen molar-refractivity contribution in [2.75, 3.05) is 13.7 Å². The maximum atomic E-state index is 12.1. The molecule has 4 nitrogen and oxygen atoms in total. The molecule has 0 aliphatic heterocycles. The molecule has 2 fully saturated rings. The Bertz CT molecular complexity index is 330.